The standard InChI is InChI=1S/B.Fe.Nd.Rb.H/q;;;+1;-1. The van der Waals surface area contributed by atoms with E-state index in [1.807, 2.05) is 0 Å². The van der Waals surface area contributed by atoms with Crippen molar-refractivity contribution in [3.8, 4) is 0 Å². The van der Waals surface area contributed by atoms with Crippen molar-refractivity contribution < 1.29 is 118 Å². The smallest absolute Gasteiger partial charge is 1.00 e. The van der Waals surface area contributed by atoms with Gasteiger partial charge in [0.05, 0.1) is 0 Å². The first kappa shape index (κ1) is 25.1. The van der Waals surface area contributed by atoms with Crippen LogP contribution in [0.15, 0.2) is 0 Å². The van der Waals surface area contributed by atoms with Gasteiger partial charge in [-0.05, 0) is 0 Å². The molecule has 17 valence electrons. The van der Waals surface area contributed by atoms with Gasteiger partial charge in [-0.25, -0.2) is 0 Å². The second-order valence-corrected chi connectivity index (χ2v) is 0. The van der Waals surface area contributed by atoms with Crippen LogP contribution in [0.1, 0.15) is 1.43 Å². The van der Waals surface area contributed by atoms with Crippen LogP contribution in [0, 0.1) is 40.8 Å². The van der Waals surface area contributed by atoms with Crippen LogP contribution in [0.2, 0.25) is 0 Å². The van der Waals surface area contributed by atoms with Gasteiger partial charge in [0.15, 0.2) is 0 Å². The van der Waals surface area contributed by atoms with Crippen molar-refractivity contribution in [2.24, 2.45) is 0 Å². The summed E-state index contributed by atoms with van der Waals surface area (Å²) in [5, 5.41) is 0. The SMILES string of the molecule is [B].[Fe].[H-].[Nd].[Rb+]. The van der Waals surface area contributed by atoms with E-state index in [1.165, 1.54) is 0 Å². The molecule has 0 rings (SSSR count). The van der Waals surface area contributed by atoms with Gasteiger partial charge < -0.3 is 1.43 Å². The van der Waals surface area contributed by atoms with E-state index in [0.717, 1.165) is 0 Å². The molecular formula is HBFeNdRb. The monoisotopic (exact) mass is 295 g/mol. The van der Waals surface area contributed by atoms with E-state index >= 15 is 0 Å². The van der Waals surface area contributed by atoms with Crippen molar-refractivity contribution >= 4 is 8.41 Å². The average Bonchev–Trinajstić information content (AvgIpc) is 0. The molecule has 0 aliphatic heterocycles. The van der Waals surface area contributed by atoms with Gasteiger partial charge in [0.2, 0.25) is 0 Å². The quantitative estimate of drug-likeness (QED) is 0.412. The van der Waals surface area contributed by atoms with E-state index in [4.69, 9.17) is 0 Å². The van der Waals surface area contributed by atoms with Crippen molar-refractivity contribution in [3.05, 3.63) is 0 Å². The summed E-state index contributed by atoms with van der Waals surface area (Å²) in [6, 6.07) is 0. The Hall–Kier alpha value is 3.74. The van der Waals surface area contributed by atoms with Gasteiger partial charge in [0, 0.05) is 66.3 Å². The maximum atomic E-state index is 0. The summed E-state index contributed by atoms with van der Waals surface area (Å²) in [5.74, 6) is 0. The van der Waals surface area contributed by atoms with Crippen molar-refractivity contribution in [1.29, 1.82) is 0 Å². The van der Waals surface area contributed by atoms with Crippen LogP contribution < -0.4 is 58.2 Å². The van der Waals surface area contributed by atoms with Crippen LogP contribution >= 0.6 is 0 Å². The van der Waals surface area contributed by atoms with Crippen LogP contribution in [0.3, 0.4) is 0 Å². The Morgan fingerprint density at radius 2 is 1.25 bits per heavy atom. The molecule has 0 aromatic rings. The Balaban J connectivity index is 0. The molecule has 0 saturated carbocycles. The van der Waals surface area contributed by atoms with E-state index in [1.54, 1.807) is 0 Å². The van der Waals surface area contributed by atoms with Crippen LogP contribution in [0.25, 0.3) is 0 Å². The molecule has 0 amide bonds. The molecule has 3 radical (unpaired) electrons. The molecule has 0 unspecified atom stereocenters. The predicted octanol–water partition coefficient (Wildman–Crippen LogP) is -3.27. The summed E-state index contributed by atoms with van der Waals surface area (Å²) in [5.41, 5.74) is 0. The first-order valence-corrected chi connectivity index (χ1v) is 0. The zero-order valence-corrected chi connectivity index (χ0v) is 11.7. The molecule has 0 heterocycles. The van der Waals surface area contributed by atoms with Gasteiger partial charge in [-0.15, -0.1) is 0 Å². The Kier molecular flexibility index (Phi) is 99.8. The molecule has 0 atom stereocenters. The molecule has 0 aromatic heterocycles. The molecule has 0 N–H and O–H groups in total. The predicted molar refractivity (Wildman–Crippen MR) is 6.87 cm³/mol. The van der Waals surface area contributed by atoms with Crippen molar-refractivity contribution in [3.63, 3.8) is 0 Å². The minimum atomic E-state index is 0. The zero-order valence-electron chi connectivity index (χ0n) is 3.43. The Labute approximate surface area is 122 Å². The molecule has 0 spiro atoms. The number of hydrogen-bond acceptors (Lipinski definition) is 0. The van der Waals surface area contributed by atoms with Crippen molar-refractivity contribution in [1.82, 2.24) is 0 Å². The molecular weight excluding hydrogens is 296 g/mol. The Morgan fingerprint density at radius 1 is 1.25 bits per heavy atom. The van der Waals surface area contributed by atoms with E-state index in [2.05, 4.69) is 0 Å². The molecule has 0 aliphatic rings. The molecule has 4 heteroatoms. The molecule has 0 aromatic carbocycles. The summed E-state index contributed by atoms with van der Waals surface area (Å²) in [7, 11) is 0. The third-order valence-corrected chi connectivity index (χ3v) is 0. The summed E-state index contributed by atoms with van der Waals surface area (Å²) in [6.45, 7) is 0. The van der Waals surface area contributed by atoms with E-state index in [-0.39, 0.29) is 126 Å². The van der Waals surface area contributed by atoms with Gasteiger partial charge in [0.25, 0.3) is 0 Å². The second kappa shape index (κ2) is 15.9. The number of rotatable bonds is 0. The Bertz CT molecular complexity index is 11.6. The Morgan fingerprint density at radius 3 is 1.25 bits per heavy atom. The third kappa shape index (κ3) is 9.22. The summed E-state index contributed by atoms with van der Waals surface area (Å²) in [4.78, 5) is 0. The largest absolute Gasteiger partial charge is 1.00 e. The van der Waals surface area contributed by atoms with Crippen LogP contribution in [0.5, 0.6) is 0 Å². The van der Waals surface area contributed by atoms with Gasteiger partial charge in [-0.3, -0.25) is 0 Å². The fourth-order valence-electron chi connectivity index (χ4n) is 0. The van der Waals surface area contributed by atoms with Crippen molar-refractivity contribution in [2.75, 3.05) is 0 Å². The maximum Gasteiger partial charge on any atom is 1.00 e. The normalized spacial score (nSPS) is 0. The third-order valence-electron chi connectivity index (χ3n) is 0. The van der Waals surface area contributed by atoms with Gasteiger partial charge in [-0.1, -0.05) is 0 Å². The van der Waals surface area contributed by atoms with E-state index < -0.39 is 0 Å². The van der Waals surface area contributed by atoms with Gasteiger partial charge in [0.1, 0.15) is 0 Å². The maximum absolute atomic E-state index is 0. The van der Waals surface area contributed by atoms with Gasteiger partial charge in [-0.2, -0.15) is 0 Å². The molecule has 0 bridgehead atoms. The first-order chi connectivity index (χ1) is 0. The van der Waals surface area contributed by atoms with Gasteiger partial charge >= 0.3 is 58.2 Å². The summed E-state index contributed by atoms with van der Waals surface area (Å²) < 4.78 is 0. The second-order valence-electron chi connectivity index (χ2n) is 0. The van der Waals surface area contributed by atoms with E-state index in [9.17, 15) is 0 Å². The van der Waals surface area contributed by atoms with Crippen LogP contribution in [0.4, 0.5) is 0 Å². The minimum Gasteiger partial charge on any atom is -1.00 e. The summed E-state index contributed by atoms with van der Waals surface area (Å²) in [6.07, 6.45) is 0. The summed E-state index contributed by atoms with van der Waals surface area (Å²) >= 11 is 0. The molecule has 4 heavy (non-hydrogen) atoms. The number of hydrogen-bond donors (Lipinski definition) is 0. The molecule has 0 aliphatic carbocycles. The molecule has 0 nitrogen and oxygen atoms in total. The van der Waals surface area contributed by atoms with Crippen LogP contribution in [-0.2, 0) is 17.1 Å². The minimum absolute atomic E-state index is 0. The average molecular weight is 297 g/mol. The fourth-order valence-corrected chi connectivity index (χ4v) is 0. The fraction of sp³-hybridized carbons (Fsp3) is 0. The van der Waals surface area contributed by atoms with Crippen LogP contribution in [-0.4, -0.2) is 8.41 Å². The first-order valence-electron chi connectivity index (χ1n) is 0. The van der Waals surface area contributed by atoms with Crippen molar-refractivity contribution in [2.45, 2.75) is 0 Å². The topological polar surface area (TPSA) is 0 Å². The molecule has 0 saturated heterocycles. The molecule has 0 fully saturated rings. The van der Waals surface area contributed by atoms with E-state index in [0.29, 0.717) is 0 Å². The zero-order chi connectivity index (χ0) is 0.